The van der Waals surface area contributed by atoms with E-state index in [0.29, 0.717) is 37.8 Å². The van der Waals surface area contributed by atoms with E-state index in [0.717, 1.165) is 31.5 Å². The van der Waals surface area contributed by atoms with E-state index in [9.17, 15) is 9.59 Å². The average molecular weight is 360 g/mol. The Hall–Kier alpha value is -2.02. The number of methoxy groups -OCH3 is 1. The molecule has 142 valence electrons. The summed E-state index contributed by atoms with van der Waals surface area (Å²) in [6, 6.07) is 0. The van der Waals surface area contributed by atoms with Crippen molar-refractivity contribution in [1.82, 2.24) is 19.8 Å². The minimum atomic E-state index is 0.00854. The van der Waals surface area contributed by atoms with Crippen molar-refractivity contribution in [1.29, 1.82) is 0 Å². The van der Waals surface area contributed by atoms with Gasteiger partial charge in [-0.25, -0.2) is 9.97 Å². The van der Waals surface area contributed by atoms with E-state index in [-0.39, 0.29) is 17.7 Å². The predicted molar refractivity (Wildman–Crippen MR) is 96.2 cm³/mol. The van der Waals surface area contributed by atoms with Gasteiger partial charge in [0.25, 0.3) is 0 Å². The van der Waals surface area contributed by atoms with Crippen molar-refractivity contribution in [3.63, 3.8) is 0 Å². The molecule has 0 aromatic carbocycles. The van der Waals surface area contributed by atoms with Crippen LogP contribution in [0.5, 0.6) is 0 Å². The number of carbonyl (C=O) groups excluding carboxylic acids is 2. The van der Waals surface area contributed by atoms with Crippen LogP contribution in [0.25, 0.3) is 0 Å². The summed E-state index contributed by atoms with van der Waals surface area (Å²) < 4.78 is 5.39. The molecule has 1 aromatic heterocycles. The average Bonchev–Trinajstić information content (AvgIpc) is 2.88. The van der Waals surface area contributed by atoms with E-state index in [1.807, 2.05) is 16.8 Å². The lowest BCUT2D eigenvalue weighted by atomic mass is 9.75. The van der Waals surface area contributed by atoms with Crippen molar-refractivity contribution in [2.75, 3.05) is 40.4 Å². The Morgan fingerprint density at radius 1 is 1.27 bits per heavy atom. The van der Waals surface area contributed by atoms with Crippen molar-refractivity contribution in [2.45, 2.75) is 25.7 Å². The van der Waals surface area contributed by atoms with Gasteiger partial charge in [0.1, 0.15) is 6.33 Å². The molecule has 2 fully saturated rings. The molecule has 0 saturated carbocycles. The number of carbonyl (C=O) groups is 2. The zero-order valence-electron chi connectivity index (χ0n) is 15.6. The third kappa shape index (κ3) is 4.20. The second kappa shape index (κ2) is 8.58. The Bertz CT molecular complexity index is 624. The van der Waals surface area contributed by atoms with Crippen LogP contribution < -0.4 is 0 Å². The number of nitrogens with zero attached hydrogens (tertiary/aromatic N) is 4. The number of fused-ring (bicyclic) bond motifs is 1. The topological polar surface area (TPSA) is 75.6 Å². The number of aromatic nitrogens is 2. The molecule has 0 aliphatic carbocycles. The Morgan fingerprint density at radius 3 is 2.73 bits per heavy atom. The van der Waals surface area contributed by atoms with Gasteiger partial charge in [0.15, 0.2) is 0 Å². The van der Waals surface area contributed by atoms with Crippen LogP contribution in [-0.2, 0) is 20.7 Å². The Labute approximate surface area is 154 Å². The highest BCUT2D eigenvalue weighted by molar-refractivity contribution is 5.80. The van der Waals surface area contributed by atoms with E-state index in [1.54, 1.807) is 19.5 Å². The first-order valence-electron chi connectivity index (χ1n) is 9.35. The molecule has 3 heterocycles. The molecule has 2 saturated heterocycles. The summed E-state index contributed by atoms with van der Waals surface area (Å²) in [5.74, 6) is 1.03. The Morgan fingerprint density at radius 2 is 2.00 bits per heavy atom. The summed E-state index contributed by atoms with van der Waals surface area (Å²) in [5, 5.41) is 0. The quantitative estimate of drug-likeness (QED) is 0.783. The lowest BCUT2D eigenvalue weighted by molar-refractivity contribution is -0.144. The van der Waals surface area contributed by atoms with E-state index in [1.165, 1.54) is 6.33 Å². The number of aryl methyl sites for hydroxylation is 1. The molecule has 2 aliphatic heterocycles. The lowest BCUT2D eigenvalue weighted by Crippen LogP contribution is -2.49. The third-order valence-electron chi connectivity index (χ3n) is 5.74. The zero-order chi connectivity index (χ0) is 18.5. The molecule has 0 unspecified atom stereocenters. The monoisotopic (exact) mass is 360 g/mol. The fraction of sp³-hybridized carbons (Fsp3) is 0.684. The van der Waals surface area contributed by atoms with Crippen LogP contribution in [0.15, 0.2) is 18.7 Å². The van der Waals surface area contributed by atoms with Gasteiger partial charge in [0, 0.05) is 64.4 Å². The van der Waals surface area contributed by atoms with Crippen LogP contribution in [0.4, 0.5) is 0 Å². The van der Waals surface area contributed by atoms with Gasteiger partial charge >= 0.3 is 0 Å². The smallest absolute Gasteiger partial charge is 0.225 e. The molecule has 2 amide bonds. The number of hydrogen-bond acceptors (Lipinski definition) is 5. The maximum Gasteiger partial charge on any atom is 0.225 e. The van der Waals surface area contributed by atoms with Gasteiger partial charge in [-0.1, -0.05) is 0 Å². The van der Waals surface area contributed by atoms with Crippen LogP contribution in [-0.4, -0.2) is 72.0 Å². The van der Waals surface area contributed by atoms with Crippen LogP contribution in [0.3, 0.4) is 0 Å². The van der Waals surface area contributed by atoms with Crippen molar-refractivity contribution < 1.29 is 14.3 Å². The molecule has 0 N–H and O–H groups in total. The molecule has 3 atom stereocenters. The highest BCUT2D eigenvalue weighted by Crippen LogP contribution is 2.36. The van der Waals surface area contributed by atoms with Crippen molar-refractivity contribution in [3.05, 3.63) is 24.3 Å². The van der Waals surface area contributed by atoms with Crippen molar-refractivity contribution in [3.8, 4) is 0 Å². The highest BCUT2D eigenvalue weighted by atomic mass is 16.5. The van der Waals surface area contributed by atoms with Crippen LogP contribution in [0, 0.1) is 17.8 Å². The SMILES string of the molecule is COC[C@@H]1CN(C)C(=O)[C@H]2CCN(C(=O)CCc3cncnc3)CC[C@@H]12. The van der Waals surface area contributed by atoms with Gasteiger partial charge in [-0.2, -0.15) is 0 Å². The number of rotatable bonds is 5. The largest absolute Gasteiger partial charge is 0.384 e. The zero-order valence-corrected chi connectivity index (χ0v) is 15.6. The molecule has 0 spiro atoms. The summed E-state index contributed by atoms with van der Waals surface area (Å²) in [5.41, 5.74) is 0.973. The van der Waals surface area contributed by atoms with E-state index < -0.39 is 0 Å². The second-order valence-corrected chi connectivity index (χ2v) is 7.41. The second-order valence-electron chi connectivity index (χ2n) is 7.41. The van der Waals surface area contributed by atoms with Crippen molar-refractivity contribution >= 4 is 11.8 Å². The number of piperidine rings is 1. The minimum Gasteiger partial charge on any atom is -0.384 e. The van der Waals surface area contributed by atoms with Gasteiger partial charge in [-0.05, 0) is 30.7 Å². The van der Waals surface area contributed by atoms with E-state index >= 15 is 0 Å². The fourth-order valence-corrected chi connectivity index (χ4v) is 4.37. The molecule has 2 aliphatic rings. The van der Waals surface area contributed by atoms with E-state index in [4.69, 9.17) is 4.74 Å². The standard InChI is InChI=1S/C19H28N4O3/c1-22-11-15(12-26-2)16-5-7-23(8-6-17(16)19(22)25)18(24)4-3-14-9-20-13-21-10-14/h9-10,13,15-17H,3-8,11-12H2,1-2H3/t15-,16-,17-/m0/s1. The minimum absolute atomic E-state index is 0.00854. The first-order valence-corrected chi connectivity index (χ1v) is 9.35. The molecule has 7 heteroatoms. The van der Waals surface area contributed by atoms with E-state index in [2.05, 4.69) is 9.97 Å². The Kier molecular flexibility index (Phi) is 6.19. The van der Waals surface area contributed by atoms with Gasteiger partial charge < -0.3 is 14.5 Å². The van der Waals surface area contributed by atoms with Gasteiger partial charge in [-0.15, -0.1) is 0 Å². The third-order valence-corrected chi connectivity index (χ3v) is 5.74. The maximum atomic E-state index is 12.6. The summed E-state index contributed by atoms with van der Waals surface area (Å²) in [6.07, 6.45) is 7.72. The number of hydrogen-bond donors (Lipinski definition) is 0. The molecule has 0 radical (unpaired) electrons. The first kappa shape index (κ1) is 18.8. The summed E-state index contributed by atoms with van der Waals surface area (Å²) in [6.45, 7) is 2.80. The number of likely N-dealkylation sites (tertiary alicyclic amines) is 2. The van der Waals surface area contributed by atoms with Gasteiger partial charge in [-0.3, -0.25) is 9.59 Å². The highest BCUT2D eigenvalue weighted by Gasteiger charge is 2.42. The molecule has 1 aromatic rings. The molecule has 26 heavy (non-hydrogen) atoms. The number of ether oxygens (including phenoxy) is 1. The van der Waals surface area contributed by atoms with Crippen LogP contribution in [0.1, 0.15) is 24.8 Å². The number of amides is 2. The summed E-state index contributed by atoms with van der Waals surface area (Å²) in [4.78, 5) is 37.0. The lowest BCUT2D eigenvalue weighted by Gasteiger charge is -2.40. The van der Waals surface area contributed by atoms with Crippen LogP contribution >= 0.6 is 0 Å². The molecule has 0 bridgehead atoms. The summed E-state index contributed by atoms with van der Waals surface area (Å²) in [7, 11) is 3.59. The van der Waals surface area contributed by atoms with Gasteiger partial charge in [0.2, 0.25) is 11.8 Å². The normalized spacial score (nSPS) is 26.4. The molecular formula is C19H28N4O3. The van der Waals surface area contributed by atoms with Crippen LogP contribution in [0.2, 0.25) is 0 Å². The first-order chi connectivity index (χ1) is 12.6. The van der Waals surface area contributed by atoms with Gasteiger partial charge in [0.05, 0.1) is 6.61 Å². The Balaban J connectivity index is 1.61. The van der Waals surface area contributed by atoms with Crippen molar-refractivity contribution in [2.24, 2.45) is 17.8 Å². The predicted octanol–water partition coefficient (Wildman–Crippen LogP) is 0.999. The maximum absolute atomic E-state index is 12.6. The fourth-order valence-electron chi connectivity index (χ4n) is 4.37. The molecule has 3 rings (SSSR count). The molecule has 7 nitrogen and oxygen atoms in total. The molecular weight excluding hydrogens is 332 g/mol. The summed E-state index contributed by atoms with van der Waals surface area (Å²) >= 11 is 0.